The minimum atomic E-state index is -0.599. The molecule has 0 spiro atoms. The Morgan fingerprint density at radius 2 is 1.69 bits per heavy atom. The van der Waals surface area contributed by atoms with Crippen LogP contribution in [0.25, 0.3) is 16.5 Å². The zero-order valence-electron chi connectivity index (χ0n) is 19.8. The second-order valence-corrected chi connectivity index (χ2v) is 8.72. The first-order chi connectivity index (χ1) is 17.3. The second kappa shape index (κ2) is 10.6. The molecule has 0 fully saturated rings. The molecule has 4 aromatic rings. The predicted molar refractivity (Wildman–Crippen MR) is 140 cm³/mol. The van der Waals surface area contributed by atoms with Gasteiger partial charge in [-0.05, 0) is 58.7 Å². The van der Waals surface area contributed by atoms with Gasteiger partial charge in [-0.15, -0.1) is 0 Å². The Morgan fingerprint density at radius 3 is 2.39 bits per heavy atom. The maximum atomic E-state index is 13.2. The standard InChI is InChI=1S/C26H23BrN4O5/c1-15-8-10-20(19(27)12-15)29-23(32)14-28-25(33)24-17-6-4-5-7-18(17)26(34)31(30-24)16-9-11-21(35-2)22(13-16)36-3/h4-13H,14H2,1-3H3,(H,28,33)(H,29,32). The van der Waals surface area contributed by atoms with Crippen LogP contribution in [0.2, 0.25) is 0 Å². The van der Waals surface area contributed by atoms with E-state index in [2.05, 4.69) is 31.7 Å². The lowest BCUT2D eigenvalue weighted by Gasteiger charge is -2.13. The van der Waals surface area contributed by atoms with Crippen LogP contribution in [0.4, 0.5) is 5.69 Å². The number of aryl methyl sites for hydroxylation is 1. The van der Waals surface area contributed by atoms with Crippen molar-refractivity contribution in [2.45, 2.75) is 6.92 Å². The zero-order chi connectivity index (χ0) is 25.8. The Labute approximate surface area is 215 Å². The van der Waals surface area contributed by atoms with Crippen molar-refractivity contribution in [3.05, 3.63) is 86.7 Å². The lowest BCUT2D eigenvalue weighted by molar-refractivity contribution is -0.115. The first-order valence-corrected chi connectivity index (χ1v) is 11.7. The number of nitrogens with one attached hydrogen (secondary N) is 2. The Morgan fingerprint density at radius 1 is 0.972 bits per heavy atom. The lowest BCUT2D eigenvalue weighted by atomic mass is 10.1. The van der Waals surface area contributed by atoms with Crippen molar-refractivity contribution in [3.63, 3.8) is 0 Å². The van der Waals surface area contributed by atoms with Crippen molar-refractivity contribution < 1.29 is 19.1 Å². The molecule has 0 atom stereocenters. The van der Waals surface area contributed by atoms with Crippen LogP contribution in [0.5, 0.6) is 11.5 Å². The maximum absolute atomic E-state index is 13.2. The summed E-state index contributed by atoms with van der Waals surface area (Å²) < 4.78 is 12.5. The number of fused-ring (bicyclic) bond motifs is 1. The number of benzene rings is 3. The number of hydrogen-bond acceptors (Lipinski definition) is 6. The van der Waals surface area contributed by atoms with Gasteiger partial charge in [0.15, 0.2) is 17.2 Å². The molecule has 2 amide bonds. The van der Waals surface area contributed by atoms with Gasteiger partial charge in [-0.3, -0.25) is 14.4 Å². The molecule has 0 unspecified atom stereocenters. The molecule has 0 radical (unpaired) electrons. The van der Waals surface area contributed by atoms with Crippen molar-refractivity contribution >= 4 is 44.2 Å². The Hall–Kier alpha value is -4.18. The largest absolute Gasteiger partial charge is 0.493 e. The van der Waals surface area contributed by atoms with Gasteiger partial charge < -0.3 is 20.1 Å². The van der Waals surface area contributed by atoms with Gasteiger partial charge in [0.05, 0.1) is 37.5 Å². The number of carbonyl (C=O) groups is 2. The summed E-state index contributed by atoms with van der Waals surface area (Å²) in [4.78, 5) is 38.8. The first kappa shape index (κ1) is 24.9. The van der Waals surface area contributed by atoms with E-state index in [1.165, 1.54) is 14.2 Å². The van der Waals surface area contributed by atoms with Gasteiger partial charge in [0.2, 0.25) is 5.91 Å². The predicted octanol–water partition coefficient (Wildman–Crippen LogP) is 3.84. The highest BCUT2D eigenvalue weighted by molar-refractivity contribution is 9.10. The van der Waals surface area contributed by atoms with Crippen LogP contribution >= 0.6 is 15.9 Å². The number of ether oxygens (including phenoxy) is 2. The fourth-order valence-corrected chi connectivity index (χ4v) is 4.24. The molecule has 10 heteroatoms. The highest BCUT2D eigenvalue weighted by Gasteiger charge is 2.19. The molecular formula is C26H23BrN4O5. The first-order valence-electron chi connectivity index (χ1n) is 10.9. The van der Waals surface area contributed by atoms with Gasteiger partial charge >= 0.3 is 0 Å². The molecule has 0 aliphatic rings. The fraction of sp³-hybridized carbons (Fsp3) is 0.154. The summed E-state index contributed by atoms with van der Waals surface area (Å²) in [6, 6.07) is 17.1. The summed E-state index contributed by atoms with van der Waals surface area (Å²) in [6.45, 7) is 1.65. The number of amides is 2. The number of methoxy groups -OCH3 is 2. The molecule has 1 aromatic heterocycles. The summed E-state index contributed by atoms with van der Waals surface area (Å²) in [5.74, 6) is -0.120. The van der Waals surface area contributed by atoms with Crippen LogP contribution < -0.4 is 25.7 Å². The van der Waals surface area contributed by atoms with Gasteiger partial charge in [-0.25, -0.2) is 0 Å². The zero-order valence-corrected chi connectivity index (χ0v) is 21.4. The highest BCUT2D eigenvalue weighted by atomic mass is 79.9. The third-order valence-corrected chi connectivity index (χ3v) is 6.10. The van der Waals surface area contributed by atoms with Crippen molar-refractivity contribution in [1.82, 2.24) is 15.1 Å². The van der Waals surface area contributed by atoms with E-state index in [0.717, 1.165) is 14.7 Å². The number of aromatic nitrogens is 2. The molecule has 2 N–H and O–H groups in total. The van der Waals surface area contributed by atoms with E-state index in [0.29, 0.717) is 33.6 Å². The van der Waals surface area contributed by atoms with Gasteiger partial charge in [0.1, 0.15) is 0 Å². The number of anilines is 1. The maximum Gasteiger partial charge on any atom is 0.279 e. The van der Waals surface area contributed by atoms with Crippen LogP contribution in [0.15, 0.2) is 69.9 Å². The third-order valence-electron chi connectivity index (χ3n) is 5.44. The Bertz CT molecular complexity index is 1530. The summed E-state index contributed by atoms with van der Waals surface area (Å²) in [7, 11) is 2.99. The van der Waals surface area contributed by atoms with Gasteiger partial charge in [0, 0.05) is 15.9 Å². The van der Waals surface area contributed by atoms with Gasteiger partial charge in [-0.2, -0.15) is 9.78 Å². The molecule has 0 saturated carbocycles. The van der Waals surface area contributed by atoms with E-state index in [9.17, 15) is 14.4 Å². The van der Waals surface area contributed by atoms with Crippen LogP contribution in [-0.2, 0) is 4.79 Å². The molecule has 0 bridgehead atoms. The van der Waals surface area contributed by atoms with Crippen molar-refractivity contribution in [2.75, 3.05) is 26.1 Å². The second-order valence-electron chi connectivity index (χ2n) is 7.86. The Balaban J connectivity index is 1.65. The van der Waals surface area contributed by atoms with Crippen LogP contribution in [-0.4, -0.2) is 42.4 Å². The van der Waals surface area contributed by atoms with Gasteiger partial charge in [0.25, 0.3) is 11.5 Å². The molecule has 9 nitrogen and oxygen atoms in total. The average molecular weight is 551 g/mol. The molecule has 184 valence electrons. The van der Waals surface area contributed by atoms with E-state index in [4.69, 9.17) is 9.47 Å². The topological polar surface area (TPSA) is 112 Å². The number of halogens is 1. The summed E-state index contributed by atoms with van der Waals surface area (Å²) in [5, 5.41) is 10.4. The molecule has 1 heterocycles. The van der Waals surface area contributed by atoms with E-state index >= 15 is 0 Å². The molecule has 3 aromatic carbocycles. The summed E-state index contributed by atoms with van der Waals surface area (Å²) >= 11 is 3.41. The minimum Gasteiger partial charge on any atom is -0.493 e. The third kappa shape index (κ3) is 5.08. The number of carbonyl (C=O) groups excluding carboxylic acids is 2. The molecule has 36 heavy (non-hydrogen) atoms. The molecular weight excluding hydrogens is 528 g/mol. The summed E-state index contributed by atoms with van der Waals surface area (Å²) in [5.41, 5.74) is 1.61. The number of hydrogen-bond donors (Lipinski definition) is 2. The molecule has 0 saturated heterocycles. The van der Waals surface area contributed by atoms with E-state index in [1.807, 2.05) is 19.1 Å². The van der Waals surface area contributed by atoms with Crippen molar-refractivity contribution in [3.8, 4) is 17.2 Å². The normalized spacial score (nSPS) is 10.7. The minimum absolute atomic E-state index is 0.00398. The number of nitrogens with zero attached hydrogens (tertiary/aromatic N) is 2. The highest BCUT2D eigenvalue weighted by Crippen LogP contribution is 2.29. The van der Waals surface area contributed by atoms with Crippen LogP contribution in [0.1, 0.15) is 16.1 Å². The molecule has 4 rings (SSSR count). The lowest BCUT2D eigenvalue weighted by Crippen LogP contribution is -2.35. The van der Waals surface area contributed by atoms with Crippen LogP contribution in [0, 0.1) is 6.92 Å². The fourth-order valence-electron chi connectivity index (χ4n) is 3.65. The van der Waals surface area contributed by atoms with Crippen LogP contribution in [0.3, 0.4) is 0 Å². The van der Waals surface area contributed by atoms with E-state index in [-0.39, 0.29) is 12.2 Å². The number of rotatable bonds is 7. The summed E-state index contributed by atoms with van der Waals surface area (Å²) in [6.07, 6.45) is 0. The van der Waals surface area contributed by atoms with E-state index in [1.54, 1.807) is 48.5 Å². The van der Waals surface area contributed by atoms with Crippen molar-refractivity contribution in [2.24, 2.45) is 0 Å². The van der Waals surface area contributed by atoms with Crippen molar-refractivity contribution in [1.29, 1.82) is 0 Å². The monoisotopic (exact) mass is 550 g/mol. The molecule has 0 aliphatic heterocycles. The molecule has 0 aliphatic carbocycles. The van der Waals surface area contributed by atoms with E-state index < -0.39 is 17.4 Å². The SMILES string of the molecule is COc1ccc(-n2nc(C(=O)NCC(=O)Nc3ccc(C)cc3Br)c3ccccc3c2=O)cc1OC. The quantitative estimate of drug-likeness (QED) is 0.361. The Kier molecular flexibility index (Phi) is 7.35. The van der Waals surface area contributed by atoms with Gasteiger partial charge in [-0.1, -0.05) is 24.3 Å². The average Bonchev–Trinajstić information content (AvgIpc) is 2.89. The smallest absolute Gasteiger partial charge is 0.279 e.